The first kappa shape index (κ1) is 6.97. The normalized spacial score (nSPS) is 15.1. The molecule has 0 amide bonds. The highest BCUT2D eigenvalue weighted by molar-refractivity contribution is 6.20. The molecule has 0 N–H and O–H groups in total. The van der Waals surface area contributed by atoms with Crippen molar-refractivity contribution in [1.29, 1.82) is 0 Å². The van der Waals surface area contributed by atoms with Crippen LogP contribution >= 0.6 is 0 Å². The van der Waals surface area contributed by atoms with Gasteiger partial charge in [0.1, 0.15) is 11.4 Å². The molecule has 4 nitrogen and oxygen atoms in total. The molecule has 1 aromatic heterocycles. The minimum absolute atomic E-state index is 0.162. The summed E-state index contributed by atoms with van der Waals surface area (Å²) in [7, 11) is 1.69. The van der Waals surface area contributed by atoms with Crippen molar-refractivity contribution in [3.63, 3.8) is 0 Å². The molecule has 0 fully saturated rings. The molecule has 0 aromatic carbocycles. The van der Waals surface area contributed by atoms with Gasteiger partial charge in [-0.25, -0.2) is 4.98 Å². The standard InChI is InChI=1S/C8H6N2O2/c1-10-4-9-7-5(11)2-3-6(12)8(7)10/h2-4H,1H3. The van der Waals surface area contributed by atoms with Gasteiger partial charge in [-0.3, -0.25) is 9.59 Å². The number of aryl methyl sites for hydroxylation is 1. The molecule has 60 valence electrons. The highest BCUT2D eigenvalue weighted by atomic mass is 16.1. The largest absolute Gasteiger partial charge is 0.330 e. The van der Waals surface area contributed by atoms with Gasteiger partial charge in [0.2, 0.25) is 11.6 Å². The number of carbonyl (C=O) groups is 2. The zero-order chi connectivity index (χ0) is 8.72. The van der Waals surface area contributed by atoms with E-state index in [1.807, 2.05) is 0 Å². The lowest BCUT2D eigenvalue weighted by Crippen LogP contribution is -2.13. The Morgan fingerprint density at radius 2 is 1.92 bits per heavy atom. The van der Waals surface area contributed by atoms with Gasteiger partial charge in [0.15, 0.2) is 0 Å². The van der Waals surface area contributed by atoms with Crippen LogP contribution in [0.3, 0.4) is 0 Å². The van der Waals surface area contributed by atoms with Crippen molar-refractivity contribution >= 4 is 11.6 Å². The summed E-state index contributed by atoms with van der Waals surface area (Å²) in [6, 6.07) is 0. The summed E-state index contributed by atoms with van der Waals surface area (Å²) in [5.41, 5.74) is 0.632. The number of carbonyl (C=O) groups excluding carboxylic acids is 2. The van der Waals surface area contributed by atoms with Gasteiger partial charge in [-0.15, -0.1) is 0 Å². The second-order valence-corrected chi connectivity index (χ2v) is 2.61. The van der Waals surface area contributed by atoms with E-state index < -0.39 is 0 Å². The van der Waals surface area contributed by atoms with Crippen molar-refractivity contribution in [1.82, 2.24) is 9.55 Å². The first-order valence-corrected chi connectivity index (χ1v) is 3.48. The minimum Gasteiger partial charge on any atom is -0.330 e. The Labute approximate surface area is 68.5 Å². The molecule has 1 heterocycles. The third-order valence-corrected chi connectivity index (χ3v) is 1.79. The smallest absolute Gasteiger partial charge is 0.206 e. The number of ketones is 2. The van der Waals surface area contributed by atoms with E-state index >= 15 is 0 Å². The fourth-order valence-electron chi connectivity index (χ4n) is 1.21. The lowest BCUT2D eigenvalue weighted by Gasteiger charge is -2.03. The molecule has 0 radical (unpaired) electrons. The van der Waals surface area contributed by atoms with Crippen LogP contribution in [0.4, 0.5) is 0 Å². The maximum atomic E-state index is 11.2. The van der Waals surface area contributed by atoms with E-state index in [1.54, 1.807) is 11.6 Å². The van der Waals surface area contributed by atoms with Crippen molar-refractivity contribution in [2.45, 2.75) is 0 Å². The Kier molecular flexibility index (Phi) is 1.24. The molecule has 4 heteroatoms. The fraction of sp³-hybridized carbons (Fsp3) is 0.125. The van der Waals surface area contributed by atoms with Crippen LogP contribution in [0.1, 0.15) is 21.0 Å². The van der Waals surface area contributed by atoms with Crippen molar-refractivity contribution in [3.8, 4) is 0 Å². The summed E-state index contributed by atoms with van der Waals surface area (Å²) in [5.74, 6) is -0.366. The number of hydrogen-bond acceptors (Lipinski definition) is 3. The van der Waals surface area contributed by atoms with E-state index in [0.29, 0.717) is 5.69 Å². The van der Waals surface area contributed by atoms with E-state index in [-0.39, 0.29) is 17.3 Å². The Bertz CT molecular complexity index is 401. The summed E-state index contributed by atoms with van der Waals surface area (Å²) in [5, 5.41) is 0. The molecule has 0 spiro atoms. The number of fused-ring (bicyclic) bond motifs is 1. The van der Waals surface area contributed by atoms with E-state index in [4.69, 9.17) is 0 Å². The molecule has 0 saturated heterocycles. The number of allylic oxidation sites excluding steroid dienone is 2. The number of hydrogen-bond donors (Lipinski definition) is 0. The van der Waals surface area contributed by atoms with Crippen LogP contribution in [0.5, 0.6) is 0 Å². The molecule has 2 rings (SSSR count). The quantitative estimate of drug-likeness (QED) is 0.553. The molecule has 0 unspecified atom stereocenters. The molecule has 0 bridgehead atoms. The van der Waals surface area contributed by atoms with Crippen molar-refractivity contribution < 1.29 is 9.59 Å². The predicted molar refractivity (Wildman–Crippen MR) is 41.0 cm³/mol. The average Bonchev–Trinajstić information content (AvgIpc) is 2.42. The molecular formula is C8H6N2O2. The van der Waals surface area contributed by atoms with Crippen LogP contribution in [0.25, 0.3) is 0 Å². The number of nitrogens with zero attached hydrogens (tertiary/aromatic N) is 2. The van der Waals surface area contributed by atoms with Crippen LogP contribution in [0.2, 0.25) is 0 Å². The predicted octanol–water partition coefficient (Wildman–Crippen LogP) is 0.355. The van der Waals surface area contributed by atoms with Gasteiger partial charge >= 0.3 is 0 Å². The molecular weight excluding hydrogens is 156 g/mol. The van der Waals surface area contributed by atoms with Crippen LogP contribution in [0.15, 0.2) is 18.5 Å². The Morgan fingerprint density at radius 3 is 2.58 bits per heavy atom. The maximum absolute atomic E-state index is 11.2. The summed E-state index contributed by atoms with van der Waals surface area (Å²) in [6.07, 6.45) is 3.98. The SMILES string of the molecule is Cn1cnc2c1C(=O)C=CC2=O. The van der Waals surface area contributed by atoms with Crippen LogP contribution in [-0.2, 0) is 7.05 Å². The summed E-state index contributed by atoms with van der Waals surface area (Å²) < 4.78 is 1.55. The van der Waals surface area contributed by atoms with Gasteiger partial charge in [-0.05, 0) is 12.2 Å². The van der Waals surface area contributed by atoms with Crippen molar-refractivity contribution in [2.75, 3.05) is 0 Å². The van der Waals surface area contributed by atoms with Gasteiger partial charge < -0.3 is 4.57 Å². The van der Waals surface area contributed by atoms with Gasteiger partial charge in [-0.1, -0.05) is 0 Å². The van der Waals surface area contributed by atoms with E-state index in [9.17, 15) is 9.59 Å². The lowest BCUT2D eigenvalue weighted by atomic mass is 10.1. The molecule has 1 aliphatic rings. The van der Waals surface area contributed by atoms with E-state index in [1.165, 1.54) is 18.5 Å². The van der Waals surface area contributed by atoms with Crippen LogP contribution < -0.4 is 0 Å². The fourth-order valence-corrected chi connectivity index (χ4v) is 1.21. The third-order valence-electron chi connectivity index (χ3n) is 1.79. The molecule has 0 aliphatic heterocycles. The third kappa shape index (κ3) is 0.747. The topological polar surface area (TPSA) is 52.0 Å². The molecule has 12 heavy (non-hydrogen) atoms. The van der Waals surface area contributed by atoms with Gasteiger partial charge in [0, 0.05) is 7.05 Å². The molecule has 1 aliphatic carbocycles. The average molecular weight is 162 g/mol. The maximum Gasteiger partial charge on any atom is 0.206 e. The molecule has 0 saturated carbocycles. The summed E-state index contributed by atoms with van der Waals surface area (Å²) in [4.78, 5) is 26.2. The highest BCUT2D eigenvalue weighted by Crippen LogP contribution is 2.13. The molecule has 0 atom stereocenters. The zero-order valence-corrected chi connectivity index (χ0v) is 6.44. The van der Waals surface area contributed by atoms with Crippen molar-refractivity contribution in [3.05, 3.63) is 29.9 Å². The minimum atomic E-state index is -0.204. The zero-order valence-electron chi connectivity index (χ0n) is 6.44. The van der Waals surface area contributed by atoms with E-state index in [0.717, 1.165) is 0 Å². The van der Waals surface area contributed by atoms with Crippen LogP contribution in [0, 0.1) is 0 Å². The van der Waals surface area contributed by atoms with E-state index in [2.05, 4.69) is 4.98 Å². The van der Waals surface area contributed by atoms with Crippen molar-refractivity contribution in [2.24, 2.45) is 7.05 Å². The first-order chi connectivity index (χ1) is 5.70. The summed E-state index contributed by atoms with van der Waals surface area (Å²) in [6.45, 7) is 0. The number of imidazole rings is 1. The van der Waals surface area contributed by atoms with Crippen LogP contribution in [-0.4, -0.2) is 21.1 Å². The molecule has 1 aromatic rings. The monoisotopic (exact) mass is 162 g/mol. The Balaban J connectivity index is 2.72. The number of rotatable bonds is 0. The first-order valence-electron chi connectivity index (χ1n) is 3.48. The Morgan fingerprint density at radius 1 is 1.25 bits per heavy atom. The second kappa shape index (κ2) is 2.14. The second-order valence-electron chi connectivity index (χ2n) is 2.61. The lowest BCUT2D eigenvalue weighted by molar-refractivity contribution is 0.0987. The van der Waals surface area contributed by atoms with Gasteiger partial charge in [-0.2, -0.15) is 0 Å². The summed E-state index contributed by atoms with van der Waals surface area (Å²) >= 11 is 0. The van der Waals surface area contributed by atoms with Gasteiger partial charge in [0.25, 0.3) is 0 Å². The number of aromatic nitrogens is 2. The highest BCUT2D eigenvalue weighted by Gasteiger charge is 2.23. The Hall–Kier alpha value is -1.71. The van der Waals surface area contributed by atoms with Gasteiger partial charge in [0.05, 0.1) is 6.33 Å².